The van der Waals surface area contributed by atoms with E-state index in [-0.39, 0.29) is 11.5 Å². The van der Waals surface area contributed by atoms with Gasteiger partial charge in [-0.25, -0.2) is 4.79 Å². The maximum atomic E-state index is 11.0. The Balaban J connectivity index is 2.82. The summed E-state index contributed by atoms with van der Waals surface area (Å²) in [5, 5.41) is 3.62. The number of rotatable bonds is 2. The quantitative estimate of drug-likeness (QED) is 0.454. The van der Waals surface area contributed by atoms with E-state index in [1.807, 2.05) is 0 Å². The van der Waals surface area contributed by atoms with Crippen LogP contribution in [-0.4, -0.2) is 22.5 Å². The standard InChI is InChI=1S/C6H10N4O2/c1-2-12-6(11)4-3-5(7)10(8)9-4/h3H,2,7-8H2,1H3. The first-order valence-corrected chi connectivity index (χ1v) is 3.43. The molecule has 0 saturated heterocycles. The molecule has 12 heavy (non-hydrogen) atoms. The lowest BCUT2D eigenvalue weighted by Crippen LogP contribution is -2.14. The van der Waals surface area contributed by atoms with E-state index in [4.69, 9.17) is 11.6 Å². The predicted octanol–water partition coefficient (Wildman–Crippen LogP) is -0.644. The molecule has 0 aromatic carbocycles. The maximum Gasteiger partial charge on any atom is 0.358 e. The molecule has 0 aliphatic rings. The molecule has 1 aromatic heterocycles. The third-order valence-corrected chi connectivity index (χ3v) is 1.25. The van der Waals surface area contributed by atoms with Crippen molar-refractivity contribution in [1.82, 2.24) is 9.89 Å². The third kappa shape index (κ3) is 1.47. The fourth-order valence-corrected chi connectivity index (χ4v) is 0.714. The van der Waals surface area contributed by atoms with Gasteiger partial charge in [-0.1, -0.05) is 0 Å². The molecular formula is C6H10N4O2. The fourth-order valence-electron chi connectivity index (χ4n) is 0.714. The second-order valence-corrected chi connectivity index (χ2v) is 2.12. The molecule has 0 aliphatic heterocycles. The number of esters is 1. The van der Waals surface area contributed by atoms with Gasteiger partial charge in [-0.15, -0.1) is 5.10 Å². The highest BCUT2D eigenvalue weighted by Gasteiger charge is 2.11. The highest BCUT2D eigenvalue weighted by molar-refractivity contribution is 5.88. The van der Waals surface area contributed by atoms with E-state index in [1.54, 1.807) is 6.92 Å². The largest absolute Gasteiger partial charge is 0.461 e. The number of carbonyl (C=O) groups excluding carboxylic acids is 1. The van der Waals surface area contributed by atoms with Crippen molar-refractivity contribution in [3.05, 3.63) is 11.8 Å². The molecule has 0 radical (unpaired) electrons. The fraction of sp³-hybridized carbons (Fsp3) is 0.333. The first-order valence-electron chi connectivity index (χ1n) is 3.43. The van der Waals surface area contributed by atoms with Gasteiger partial charge in [-0.05, 0) is 6.92 Å². The molecule has 4 N–H and O–H groups in total. The molecule has 1 heterocycles. The van der Waals surface area contributed by atoms with Crippen molar-refractivity contribution in [3.63, 3.8) is 0 Å². The predicted molar refractivity (Wildman–Crippen MR) is 42.7 cm³/mol. The van der Waals surface area contributed by atoms with Crippen molar-refractivity contribution in [1.29, 1.82) is 0 Å². The number of aromatic nitrogens is 2. The summed E-state index contributed by atoms with van der Waals surface area (Å²) in [6.07, 6.45) is 0. The zero-order valence-electron chi connectivity index (χ0n) is 6.65. The number of nitrogens with two attached hydrogens (primary N) is 2. The highest BCUT2D eigenvalue weighted by Crippen LogP contribution is 2.03. The molecule has 0 atom stereocenters. The molecule has 1 aromatic rings. The molecular weight excluding hydrogens is 160 g/mol. The molecule has 0 unspecified atom stereocenters. The molecule has 0 bridgehead atoms. The van der Waals surface area contributed by atoms with Crippen molar-refractivity contribution in [2.24, 2.45) is 0 Å². The minimum atomic E-state index is -0.520. The number of ether oxygens (including phenoxy) is 1. The van der Waals surface area contributed by atoms with Gasteiger partial charge in [0.05, 0.1) is 6.61 Å². The van der Waals surface area contributed by atoms with Crippen LogP contribution >= 0.6 is 0 Å². The summed E-state index contributed by atoms with van der Waals surface area (Å²) >= 11 is 0. The topological polar surface area (TPSA) is 96.2 Å². The van der Waals surface area contributed by atoms with Crippen LogP contribution in [0.15, 0.2) is 6.07 Å². The zero-order valence-corrected chi connectivity index (χ0v) is 6.65. The van der Waals surface area contributed by atoms with Gasteiger partial charge in [0.15, 0.2) is 5.69 Å². The lowest BCUT2D eigenvalue weighted by atomic mass is 10.4. The number of anilines is 1. The first-order chi connectivity index (χ1) is 5.65. The van der Waals surface area contributed by atoms with Crippen LogP contribution in [0.25, 0.3) is 0 Å². The Morgan fingerprint density at radius 2 is 2.50 bits per heavy atom. The van der Waals surface area contributed by atoms with Gasteiger partial charge in [0.25, 0.3) is 0 Å². The van der Waals surface area contributed by atoms with Crippen LogP contribution in [0.2, 0.25) is 0 Å². The van der Waals surface area contributed by atoms with Crippen molar-refractivity contribution in [3.8, 4) is 0 Å². The van der Waals surface area contributed by atoms with E-state index in [1.165, 1.54) is 6.07 Å². The Morgan fingerprint density at radius 3 is 2.92 bits per heavy atom. The van der Waals surface area contributed by atoms with Crippen LogP contribution in [0.5, 0.6) is 0 Å². The van der Waals surface area contributed by atoms with Gasteiger partial charge >= 0.3 is 5.97 Å². The SMILES string of the molecule is CCOC(=O)c1cc(N)n(N)n1. The molecule has 6 heteroatoms. The molecule has 0 amide bonds. The normalized spacial score (nSPS) is 9.75. The van der Waals surface area contributed by atoms with Gasteiger partial charge in [-0.2, -0.15) is 4.79 Å². The average Bonchev–Trinajstić information content (AvgIpc) is 2.33. The number of hydrogen-bond acceptors (Lipinski definition) is 5. The summed E-state index contributed by atoms with van der Waals surface area (Å²) in [6.45, 7) is 2.01. The number of hydrogen-bond donors (Lipinski definition) is 2. The van der Waals surface area contributed by atoms with E-state index in [2.05, 4.69) is 9.84 Å². The van der Waals surface area contributed by atoms with Crippen LogP contribution < -0.4 is 11.6 Å². The molecule has 1 rings (SSSR count). The van der Waals surface area contributed by atoms with Crippen molar-refractivity contribution >= 4 is 11.8 Å². The third-order valence-electron chi connectivity index (χ3n) is 1.25. The van der Waals surface area contributed by atoms with Crippen LogP contribution in [0, 0.1) is 0 Å². The summed E-state index contributed by atoms with van der Waals surface area (Å²) in [7, 11) is 0. The lowest BCUT2D eigenvalue weighted by molar-refractivity contribution is 0.0519. The Labute approximate surface area is 69.1 Å². The first kappa shape index (κ1) is 8.38. The van der Waals surface area contributed by atoms with Gasteiger partial charge < -0.3 is 16.3 Å². The summed E-state index contributed by atoms with van der Waals surface area (Å²) < 4.78 is 4.67. The molecule has 0 saturated carbocycles. The van der Waals surface area contributed by atoms with Gasteiger partial charge in [0.2, 0.25) is 0 Å². The van der Waals surface area contributed by atoms with Crippen molar-refractivity contribution in [2.75, 3.05) is 18.2 Å². The van der Waals surface area contributed by atoms with E-state index in [0.717, 1.165) is 4.79 Å². The van der Waals surface area contributed by atoms with E-state index in [9.17, 15) is 4.79 Å². The Hall–Kier alpha value is -1.72. The minimum absolute atomic E-state index is 0.122. The number of nitrogen functional groups attached to an aromatic ring is 2. The lowest BCUT2D eigenvalue weighted by Gasteiger charge is -1.95. The highest BCUT2D eigenvalue weighted by atomic mass is 16.5. The maximum absolute atomic E-state index is 11.0. The molecule has 66 valence electrons. The molecule has 0 fully saturated rings. The Bertz CT molecular complexity index is 274. The van der Waals surface area contributed by atoms with E-state index in [0.29, 0.717) is 6.61 Å². The second kappa shape index (κ2) is 3.12. The smallest absolute Gasteiger partial charge is 0.358 e. The van der Waals surface area contributed by atoms with Gasteiger partial charge in [-0.3, -0.25) is 0 Å². The second-order valence-electron chi connectivity index (χ2n) is 2.12. The van der Waals surface area contributed by atoms with Gasteiger partial charge in [0, 0.05) is 6.07 Å². The van der Waals surface area contributed by atoms with E-state index < -0.39 is 5.97 Å². The van der Waals surface area contributed by atoms with E-state index >= 15 is 0 Å². The van der Waals surface area contributed by atoms with Gasteiger partial charge in [0.1, 0.15) is 5.82 Å². The molecule has 0 aliphatic carbocycles. The molecule has 6 nitrogen and oxygen atoms in total. The zero-order chi connectivity index (χ0) is 9.14. The Kier molecular flexibility index (Phi) is 2.18. The van der Waals surface area contributed by atoms with Crippen LogP contribution in [-0.2, 0) is 4.74 Å². The number of nitrogens with zero attached hydrogens (tertiary/aromatic N) is 2. The summed E-state index contributed by atoms with van der Waals surface area (Å²) in [5.74, 6) is 4.95. The Morgan fingerprint density at radius 1 is 1.83 bits per heavy atom. The number of carbonyl (C=O) groups is 1. The monoisotopic (exact) mass is 170 g/mol. The summed E-state index contributed by atoms with van der Waals surface area (Å²) in [4.78, 5) is 11.9. The van der Waals surface area contributed by atoms with Crippen LogP contribution in [0.1, 0.15) is 17.4 Å². The average molecular weight is 170 g/mol. The van der Waals surface area contributed by atoms with Crippen LogP contribution in [0.3, 0.4) is 0 Å². The minimum Gasteiger partial charge on any atom is -0.461 e. The molecule has 0 spiro atoms. The summed E-state index contributed by atoms with van der Waals surface area (Å²) in [5.41, 5.74) is 5.46. The van der Waals surface area contributed by atoms with Crippen molar-refractivity contribution < 1.29 is 9.53 Å². The summed E-state index contributed by atoms with van der Waals surface area (Å²) in [6, 6.07) is 1.36. The van der Waals surface area contributed by atoms with Crippen LogP contribution in [0.4, 0.5) is 5.82 Å². The van der Waals surface area contributed by atoms with Crippen molar-refractivity contribution in [2.45, 2.75) is 6.92 Å².